The minimum absolute atomic E-state index is 0. The van der Waals surface area contributed by atoms with Gasteiger partial charge in [0.25, 0.3) is 0 Å². The van der Waals surface area contributed by atoms with Gasteiger partial charge in [0.1, 0.15) is 0 Å². The molecular formula is C16H26Cl2N2O2-2. The van der Waals surface area contributed by atoms with Gasteiger partial charge >= 0.3 is 0 Å². The summed E-state index contributed by atoms with van der Waals surface area (Å²) in [5.74, 6) is 0. The minimum Gasteiger partial charge on any atom is -1.00 e. The number of piperazine rings is 1. The smallest absolute Gasteiger partial charge is 0.0900 e. The van der Waals surface area contributed by atoms with Crippen LogP contribution in [0, 0.1) is 0 Å². The Morgan fingerprint density at radius 3 is 2.18 bits per heavy atom. The molecule has 2 rings (SSSR count). The lowest BCUT2D eigenvalue weighted by Gasteiger charge is -2.36. The number of para-hydroxylation sites is 1. The van der Waals surface area contributed by atoms with Gasteiger partial charge in [0.15, 0.2) is 0 Å². The van der Waals surface area contributed by atoms with Crippen molar-refractivity contribution < 1.29 is 34.7 Å². The molecule has 0 bridgehead atoms. The molecule has 0 aliphatic carbocycles. The van der Waals surface area contributed by atoms with Crippen LogP contribution in [-0.2, 0) is 4.74 Å². The van der Waals surface area contributed by atoms with Gasteiger partial charge in [-0.3, -0.25) is 4.90 Å². The molecule has 1 heterocycles. The van der Waals surface area contributed by atoms with Crippen molar-refractivity contribution in [1.29, 1.82) is 0 Å². The molecule has 1 atom stereocenters. The number of rotatable bonds is 6. The highest BCUT2D eigenvalue weighted by Crippen LogP contribution is 2.15. The first-order chi connectivity index (χ1) is 9.65. The van der Waals surface area contributed by atoms with Gasteiger partial charge in [-0.05, 0) is 26.0 Å². The van der Waals surface area contributed by atoms with E-state index in [4.69, 9.17) is 4.74 Å². The summed E-state index contributed by atoms with van der Waals surface area (Å²) in [4.78, 5) is 4.71. The standard InChI is InChI=1S/C16H26N2O2.2ClH/c1-14(2)20-13-16(19)12-17-8-10-18(11-9-17)15-6-4-3-5-7-15;;/h3-7,14,16,19H,8-13H2,1-2H3;2*1H/p-2. The molecule has 1 aromatic carbocycles. The molecule has 0 aromatic heterocycles. The van der Waals surface area contributed by atoms with E-state index in [0.29, 0.717) is 13.2 Å². The van der Waals surface area contributed by atoms with Gasteiger partial charge in [0.2, 0.25) is 0 Å². The number of nitrogens with zero attached hydrogens (tertiary/aromatic N) is 2. The van der Waals surface area contributed by atoms with Crippen LogP contribution in [0.4, 0.5) is 5.69 Å². The fraction of sp³-hybridized carbons (Fsp3) is 0.625. The molecule has 0 radical (unpaired) electrons. The highest BCUT2D eigenvalue weighted by atomic mass is 35.5. The molecule has 1 aliphatic heterocycles. The zero-order valence-electron chi connectivity index (χ0n) is 13.3. The summed E-state index contributed by atoms with van der Waals surface area (Å²) < 4.78 is 5.45. The number of halogens is 2. The highest BCUT2D eigenvalue weighted by molar-refractivity contribution is 5.46. The Morgan fingerprint density at radius 1 is 1.05 bits per heavy atom. The van der Waals surface area contributed by atoms with Crippen molar-refractivity contribution in [1.82, 2.24) is 4.90 Å². The molecule has 0 spiro atoms. The normalized spacial score (nSPS) is 16.8. The number of aliphatic hydroxyl groups excluding tert-OH is 1. The molecule has 1 aliphatic rings. The van der Waals surface area contributed by atoms with Gasteiger partial charge in [-0.25, -0.2) is 0 Å². The Kier molecular flexibility index (Phi) is 10.8. The van der Waals surface area contributed by atoms with E-state index in [9.17, 15) is 5.11 Å². The molecule has 4 nitrogen and oxygen atoms in total. The number of β-amino-alcohol motifs (C(OH)–C–C–N with tert-alkyl or cyclic N) is 1. The molecule has 0 amide bonds. The average molecular weight is 349 g/mol. The van der Waals surface area contributed by atoms with Crippen molar-refractivity contribution in [3.05, 3.63) is 30.3 Å². The van der Waals surface area contributed by atoms with Crippen LogP contribution in [0.5, 0.6) is 0 Å². The second-order valence-electron chi connectivity index (χ2n) is 5.66. The van der Waals surface area contributed by atoms with E-state index in [1.165, 1.54) is 5.69 Å². The lowest BCUT2D eigenvalue weighted by atomic mass is 10.2. The number of benzene rings is 1. The molecule has 1 unspecified atom stereocenters. The monoisotopic (exact) mass is 348 g/mol. The third-order valence-corrected chi connectivity index (χ3v) is 3.58. The van der Waals surface area contributed by atoms with E-state index in [2.05, 4.69) is 34.1 Å². The maximum Gasteiger partial charge on any atom is 0.0900 e. The van der Waals surface area contributed by atoms with Crippen molar-refractivity contribution in [2.45, 2.75) is 26.1 Å². The lowest BCUT2D eigenvalue weighted by Crippen LogP contribution is -3.00. The van der Waals surface area contributed by atoms with Gasteiger partial charge in [-0.2, -0.15) is 0 Å². The van der Waals surface area contributed by atoms with Crippen molar-refractivity contribution in [3.8, 4) is 0 Å². The quantitative estimate of drug-likeness (QED) is 0.563. The third-order valence-electron chi connectivity index (χ3n) is 3.58. The van der Waals surface area contributed by atoms with Gasteiger partial charge in [0.05, 0.1) is 18.8 Å². The van der Waals surface area contributed by atoms with Crippen molar-refractivity contribution in [2.75, 3.05) is 44.2 Å². The number of aliphatic hydroxyl groups is 1. The highest BCUT2D eigenvalue weighted by Gasteiger charge is 2.19. The first kappa shape index (κ1) is 21.5. The van der Waals surface area contributed by atoms with Crippen LogP contribution in [0.25, 0.3) is 0 Å². The number of ether oxygens (including phenoxy) is 1. The van der Waals surface area contributed by atoms with E-state index >= 15 is 0 Å². The molecule has 1 N–H and O–H groups in total. The van der Waals surface area contributed by atoms with Crippen molar-refractivity contribution >= 4 is 5.69 Å². The van der Waals surface area contributed by atoms with Gasteiger partial charge in [-0.15, -0.1) is 0 Å². The molecule has 1 saturated heterocycles. The lowest BCUT2D eigenvalue weighted by molar-refractivity contribution is -0.00899. The topological polar surface area (TPSA) is 35.9 Å². The maximum atomic E-state index is 9.95. The summed E-state index contributed by atoms with van der Waals surface area (Å²) in [6, 6.07) is 10.5. The third kappa shape index (κ3) is 7.16. The largest absolute Gasteiger partial charge is 1.00 e. The molecule has 0 saturated carbocycles. The van der Waals surface area contributed by atoms with Gasteiger partial charge < -0.3 is 39.6 Å². The Bertz CT molecular complexity index is 385. The van der Waals surface area contributed by atoms with E-state index in [0.717, 1.165) is 26.2 Å². The maximum absolute atomic E-state index is 9.95. The molecule has 22 heavy (non-hydrogen) atoms. The van der Waals surface area contributed by atoms with Crippen molar-refractivity contribution in [3.63, 3.8) is 0 Å². The predicted molar refractivity (Wildman–Crippen MR) is 82.2 cm³/mol. The molecule has 1 aromatic rings. The molecule has 6 heteroatoms. The Balaban J connectivity index is 0.00000220. The van der Waals surface area contributed by atoms with Crippen LogP contribution in [0.1, 0.15) is 13.8 Å². The van der Waals surface area contributed by atoms with Crippen LogP contribution in [0.2, 0.25) is 0 Å². The van der Waals surface area contributed by atoms with E-state index in [1.54, 1.807) is 0 Å². The second kappa shape index (κ2) is 11.1. The van der Waals surface area contributed by atoms with Gasteiger partial charge in [0, 0.05) is 38.4 Å². The number of hydrogen-bond acceptors (Lipinski definition) is 4. The SMILES string of the molecule is CC(C)OCC(O)CN1CCN(c2ccccc2)CC1.[Cl-].[Cl-]. The van der Waals surface area contributed by atoms with Crippen LogP contribution in [0.3, 0.4) is 0 Å². The first-order valence-corrected chi connectivity index (χ1v) is 7.47. The Labute approximate surface area is 146 Å². The molecular weight excluding hydrogens is 323 g/mol. The Hall–Kier alpha value is -0.520. The number of hydrogen-bond donors (Lipinski definition) is 1. The summed E-state index contributed by atoms with van der Waals surface area (Å²) in [6.45, 7) is 9.13. The number of anilines is 1. The average Bonchev–Trinajstić information content (AvgIpc) is 2.47. The fourth-order valence-corrected chi connectivity index (χ4v) is 2.48. The summed E-state index contributed by atoms with van der Waals surface area (Å²) in [7, 11) is 0. The summed E-state index contributed by atoms with van der Waals surface area (Å²) >= 11 is 0. The van der Waals surface area contributed by atoms with E-state index in [1.807, 2.05) is 19.9 Å². The van der Waals surface area contributed by atoms with E-state index in [-0.39, 0.29) is 37.0 Å². The first-order valence-electron chi connectivity index (χ1n) is 7.47. The molecule has 128 valence electrons. The molecule has 1 fully saturated rings. The van der Waals surface area contributed by atoms with Crippen LogP contribution >= 0.6 is 0 Å². The zero-order chi connectivity index (χ0) is 14.4. The zero-order valence-corrected chi connectivity index (χ0v) is 14.8. The van der Waals surface area contributed by atoms with Crippen molar-refractivity contribution in [2.24, 2.45) is 0 Å². The summed E-state index contributed by atoms with van der Waals surface area (Å²) in [6.07, 6.45) is -0.208. The van der Waals surface area contributed by atoms with E-state index < -0.39 is 0 Å². The fourth-order valence-electron chi connectivity index (χ4n) is 2.48. The minimum atomic E-state index is -0.388. The summed E-state index contributed by atoms with van der Waals surface area (Å²) in [5, 5.41) is 9.95. The summed E-state index contributed by atoms with van der Waals surface area (Å²) in [5.41, 5.74) is 1.29. The van der Waals surface area contributed by atoms with Crippen LogP contribution in [0.15, 0.2) is 30.3 Å². The predicted octanol–water partition coefficient (Wildman–Crippen LogP) is -4.40. The second-order valence-corrected chi connectivity index (χ2v) is 5.66. The van der Waals surface area contributed by atoms with Crippen LogP contribution < -0.4 is 29.7 Å². The van der Waals surface area contributed by atoms with Crippen LogP contribution in [-0.4, -0.2) is 61.5 Å². The van der Waals surface area contributed by atoms with Gasteiger partial charge in [-0.1, -0.05) is 18.2 Å². The Morgan fingerprint density at radius 2 is 1.64 bits per heavy atom.